The van der Waals surface area contributed by atoms with Crippen LogP contribution in [-0.4, -0.2) is 120 Å². The van der Waals surface area contributed by atoms with Crippen LogP contribution in [0.25, 0.3) is 0 Å². The third-order valence-electron chi connectivity index (χ3n) is 7.15. The maximum atomic E-state index is 13.1. The number of imidazole rings is 2. The molecule has 18 nitrogen and oxygen atoms in total. The first kappa shape index (κ1) is 35.6. The van der Waals surface area contributed by atoms with Gasteiger partial charge in [-0.15, -0.1) is 0 Å². The lowest BCUT2D eigenvalue weighted by atomic mass is 9.99. The zero-order valence-electron chi connectivity index (χ0n) is 26.0. The van der Waals surface area contributed by atoms with Gasteiger partial charge in [-0.25, -0.2) is 14.8 Å². The van der Waals surface area contributed by atoms with Gasteiger partial charge in [0, 0.05) is 36.6 Å². The molecule has 18 heteroatoms. The summed E-state index contributed by atoms with van der Waals surface area (Å²) < 4.78 is 0. The molecule has 0 saturated heterocycles. The number of carbonyl (C=O) groups is 5. The molecule has 4 amide bonds. The lowest BCUT2D eigenvalue weighted by molar-refractivity contribution is -0.143. The number of aliphatic carboxylic acids is 1. The second kappa shape index (κ2) is 16.5. The molecule has 1 aliphatic rings. The lowest BCUT2D eigenvalue weighted by Crippen LogP contribution is -2.62. The molecule has 252 valence electrons. The van der Waals surface area contributed by atoms with E-state index in [2.05, 4.69) is 51.5 Å². The number of aliphatic hydroxyl groups is 2. The number of nitrogens with one attached hydrogen (secondary N) is 7. The average molecular weight is 647 g/mol. The summed E-state index contributed by atoms with van der Waals surface area (Å²) in [6.45, 7) is 5.80. The Bertz CT molecular complexity index is 1360. The van der Waals surface area contributed by atoms with E-state index in [-0.39, 0.29) is 30.5 Å². The van der Waals surface area contributed by atoms with Crippen molar-refractivity contribution in [2.75, 3.05) is 6.61 Å². The SMILES string of the molecule is CC(C)CC1NC(=O)C(Cc2cnc[nH]2)N=C1N[C@@H](CO)C(=O)N[C@@H](C)C(=O)N[C@H](C(=O)N[C@@H](Cc1cnc[nH]1)C(=O)O)[C@@H](C)O. The van der Waals surface area contributed by atoms with Crippen LogP contribution < -0.4 is 26.6 Å². The van der Waals surface area contributed by atoms with Gasteiger partial charge >= 0.3 is 5.97 Å². The van der Waals surface area contributed by atoms with Crippen molar-refractivity contribution < 1.29 is 39.3 Å². The molecule has 7 atom stereocenters. The number of hydrogen-bond acceptors (Lipinski definition) is 11. The van der Waals surface area contributed by atoms with E-state index < -0.39 is 72.7 Å². The first-order chi connectivity index (χ1) is 21.8. The molecule has 0 fully saturated rings. The van der Waals surface area contributed by atoms with Gasteiger partial charge in [-0.05, 0) is 26.2 Å². The number of aliphatic imine (C=N–C) groups is 1. The van der Waals surface area contributed by atoms with Crippen LogP contribution >= 0.6 is 0 Å². The Morgan fingerprint density at radius 3 is 2.11 bits per heavy atom. The van der Waals surface area contributed by atoms with Gasteiger partial charge in [-0.1, -0.05) is 13.8 Å². The molecule has 1 aliphatic heterocycles. The molecule has 0 aliphatic carbocycles. The third kappa shape index (κ3) is 10.1. The number of H-pyrrole nitrogens is 2. The van der Waals surface area contributed by atoms with Gasteiger partial charge in [0.1, 0.15) is 36.0 Å². The third-order valence-corrected chi connectivity index (χ3v) is 7.15. The molecule has 10 N–H and O–H groups in total. The highest BCUT2D eigenvalue weighted by Crippen LogP contribution is 2.14. The number of carboxylic acid groups (broad SMARTS) is 1. The fourth-order valence-corrected chi connectivity index (χ4v) is 4.69. The van der Waals surface area contributed by atoms with Crippen molar-refractivity contribution in [1.82, 2.24) is 46.5 Å². The summed E-state index contributed by atoms with van der Waals surface area (Å²) >= 11 is 0. The van der Waals surface area contributed by atoms with E-state index in [1.165, 1.54) is 32.7 Å². The van der Waals surface area contributed by atoms with E-state index in [4.69, 9.17) is 0 Å². The summed E-state index contributed by atoms with van der Waals surface area (Å²) in [7, 11) is 0. The number of carbonyl (C=O) groups excluding carboxylic acids is 4. The number of amidine groups is 1. The van der Waals surface area contributed by atoms with Gasteiger partial charge < -0.3 is 51.9 Å². The number of hydrogen-bond donors (Lipinski definition) is 10. The molecule has 0 bridgehead atoms. The predicted molar refractivity (Wildman–Crippen MR) is 162 cm³/mol. The Morgan fingerprint density at radius 2 is 1.57 bits per heavy atom. The van der Waals surface area contributed by atoms with Gasteiger partial charge in [0.15, 0.2) is 0 Å². The smallest absolute Gasteiger partial charge is 0.326 e. The number of nitrogens with zero attached hydrogens (tertiary/aromatic N) is 3. The van der Waals surface area contributed by atoms with Gasteiger partial charge in [-0.2, -0.15) is 0 Å². The first-order valence-electron chi connectivity index (χ1n) is 14.8. The Labute approximate surface area is 264 Å². The van der Waals surface area contributed by atoms with Crippen LogP contribution in [0.2, 0.25) is 0 Å². The molecular formula is C28H42N10O8. The van der Waals surface area contributed by atoms with Crippen molar-refractivity contribution in [3.63, 3.8) is 0 Å². The van der Waals surface area contributed by atoms with Gasteiger partial charge in [0.05, 0.1) is 31.4 Å². The zero-order valence-corrected chi connectivity index (χ0v) is 26.0. The zero-order chi connectivity index (χ0) is 34.0. The van der Waals surface area contributed by atoms with Crippen molar-refractivity contribution in [1.29, 1.82) is 0 Å². The highest BCUT2D eigenvalue weighted by atomic mass is 16.4. The van der Waals surface area contributed by atoms with Gasteiger partial charge in [-0.3, -0.25) is 24.2 Å². The van der Waals surface area contributed by atoms with E-state index in [0.29, 0.717) is 17.8 Å². The monoisotopic (exact) mass is 646 g/mol. The highest BCUT2D eigenvalue weighted by molar-refractivity contribution is 6.01. The van der Waals surface area contributed by atoms with Crippen LogP contribution in [0.5, 0.6) is 0 Å². The normalized spacial score (nSPS) is 19.5. The van der Waals surface area contributed by atoms with E-state index in [1.54, 1.807) is 6.20 Å². The maximum absolute atomic E-state index is 13.1. The van der Waals surface area contributed by atoms with Crippen LogP contribution in [0.3, 0.4) is 0 Å². The Hall–Kier alpha value is -4.84. The standard InChI is InChI=1S/C28H42N10O8/c1-13(2)5-18-23(34-19(25(42)36-18)6-16-8-29-11-31-16)35-21(10-39)26(43)33-14(3)24(41)38-22(15(4)40)27(44)37-20(28(45)46)7-17-9-30-12-32-17/h8-9,11-15,18-22,39-40H,5-7,10H2,1-4H3,(H,29,31)(H,30,32)(H,33,43)(H,34,35)(H,36,42)(H,37,44)(H,38,41)(H,45,46)/t14-,15+,18?,19?,20-,21-,22-/m0/s1. The summed E-state index contributed by atoms with van der Waals surface area (Å²) in [5.41, 5.74) is 1.13. The van der Waals surface area contributed by atoms with E-state index in [0.717, 1.165) is 0 Å². The summed E-state index contributed by atoms with van der Waals surface area (Å²) in [6, 6.07) is -6.81. The Kier molecular flexibility index (Phi) is 12.8. The van der Waals surface area contributed by atoms with Crippen molar-refractivity contribution in [3.05, 3.63) is 36.4 Å². The minimum absolute atomic E-state index is 0.125. The van der Waals surface area contributed by atoms with Crippen LogP contribution in [-0.2, 0) is 36.8 Å². The van der Waals surface area contributed by atoms with Gasteiger partial charge in [0.2, 0.25) is 23.6 Å². The van der Waals surface area contributed by atoms with Crippen LogP contribution in [0, 0.1) is 5.92 Å². The molecule has 0 aromatic carbocycles. The number of aromatic nitrogens is 4. The van der Waals surface area contributed by atoms with Crippen LogP contribution in [0.1, 0.15) is 45.5 Å². The number of rotatable bonds is 16. The molecule has 0 saturated carbocycles. The molecule has 3 rings (SSSR count). The average Bonchev–Trinajstić information content (AvgIpc) is 3.70. The first-order valence-corrected chi connectivity index (χ1v) is 14.8. The number of aromatic amines is 2. The molecule has 46 heavy (non-hydrogen) atoms. The number of aliphatic hydroxyl groups excluding tert-OH is 2. The summed E-state index contributed by atoms with van der Waals surface area (Å²) in [4.78, 5) is 81.5. The molecule has 2 aromatic rings. The van der Waals surface area contributed by atoms with Crippen LogP contribution in [0.15, 0.2) is 30.0 Å². The number of carboxylic acids is 1. The molecule has 2 aromatic heterocycles. The quantitative estimate of drug-likeness (QED) is 0.0884. The summed E-state index contributed by atoms with van der Waals surface area (Å²) in [5.74, 6) is -3.78. The predicted octanol–water partition coefficient (Wildman–Crippen LogP) is -2.88. The Morgan fingerprint density at radius 1 is 0.913 bits per heavy atom. The molecule has 0 spiro atoms. The van der Waals surface area contributed by atoms with Crippen molar-refractivity contribution in [3.8, 4) is 0 Å². The van der Waals surface area contributed by atoms with Crippen LogP contribution in [0.4, 0.5) is 0 Å². The second-order valence-corrected chi connectivity index (χ2v) is 11.5. The maximum Gasteiger partial charge on any atom is 0.326 e. The fourth-order valence-electron chi connectivity index (χ4n) is 4.69. The molecule has 0 radical (unpaired) electrons. The van der Waals surface area contributed by atoms with E-state index in [1.807, 2.05) is 13.8 Å². The molecular weight excluding hydrogens is 604 g/mol. The summed E-state index contributed by atoms with van der Waals surface area (Å²) in [5, 5.41) is 42.7. The molecule has 3 heterocycles. The second-order valence-electron chi connectivity index (χ2n) is 11.5. The largest absolute Gasteiger partial charge is 0.480 e. The van der Waals surface area contributed by atoms with Gasteiger partial charge in [0.25, 0.3) is 0 Å². The van der Waals surface area contributed by atoms with E-state index >= 15 is 0 Å². The van der Waals surface area contributed by atoms with E-state index in [9.17, 15) is 39.3 Å². The Balaban J connectivity index is 1.65. The molecule has 2 unspecified atom stereocenters. The topological polar surface area (TPSA) is 276 Å². The van der Waals surface area contributed by atoms with Crippen molar-refractivity contribution in [2.45, 2.75) is 89.3 Å². The fraction of sp³-hybridized carbons (Fsp3) is 0.571. The minimum atomic E-state index is -1.55. The van der Waals surface area contributed by atoms with Crippen molar-refractivity contribution >= 4 is 35.4 Å². The van der Waals surface area contributed by atoms with Crippen molar-refractivity contribution in [2.24, 2.45) is 10.9 Å². The summed E-state index contributed by atoms with van der Waals surface area (Å²) in [6.07, 6.45) is 4.99. The minimum Gasteiger partial charge on any atom is -0.480 e. The highest BCUT2D eigenvalue weighted by Gasteiger charge is 2.35. The number of amides is 4. The lowest BCUT2D eigenvalue weighted by Gasteiger charge is -2.32.